The highest BCUT2D eigenvalue weighted by Gasteiger charge is 2.54. The third kappa shape index (κ3) is 3.54. The first-order chi connectivity index (χ1) is 15.2. The molecule has 6 nitrogen and oxygen atoms in total. The topological polar surface area (TPSA) is 75.7 Å². The molecule has 32 heavy (non-hydrogen) atoms. The van der Waals surface area contributed by atoms with E-state index in [2.05, 4.69) is 6.92 Å². The number of hydrogen-bond acceptors (Lipinski definition) is 4. The number of halogens is 1. The van der Waals surface area contributed by atoms with Crippen molar-refractivity contribution in [1.29, 1.82) is 0 Å². The number of ether oxygens (including phenoxy) is 1. The van der Waals surface area contributed by atoms with Crippen molar-refractivity contribution < 1.29 is 22.3 Å². The van der Waals surface area contributed by atoms with Crippen LogP contribution in [0.4, 0.5) is 4.39 Å². The molecule has 174 valence electrons. The minimum absolute atomic E-state index is 0.114. The molecule has 5 saturated carbocycles. The van der Waals surface area contributed by atoms with E-state index < -0.39 is 21.9 Å². The van der Waals surface area contributed by atoms with Crippen molar-refractivity contribution in [3.05, 3.63) is 29.1 Å². The summed E-state index contributed by atoms with van der Waals surface area (Å²) >= 11 is 0. The van der Waals surface area contributed by atoms with Gasteiger partial charge in [0.1, 0.15) is 17.7 Å². The van der Waals surface area contributed by atoms with Gasteiger partial charge in [-0.2, -0.15) is 12.7 Å². The molecule has 6 fully saturated rings. The van der Waals surface area contributed by atoms with E-state index in [0.717, 1.165) is 30.7 Å². The lowest BCUT2D eigenvalue weighted by Crippen LogP contribution is -2.54. The molecule has 7 rings (SSSR count). The number of nitrogens with zero attached hydrogens (tertiary/aromatic N) is 1. The molecule has 1 amide bonds. The summed E-state index contributed by atoms with van der Waals surface area (Å²) in [4.78, 5) is 12.7. The maximum absolute atomic E-state index is 15.1. The molecule has 5 aliphatic carbocycles. The Balaban J connectivity index is 1.26. The van der Waals surface area contributed by atoms with E-state index in [4.69, 9.17) is 4.74 Å². The Labute approximate surface area is 189 Å². The molecular formula is C24H31FN2O4S. The minimum Gasteiger partial charge on any atom is -0.489 e. The van der Waals surface area contributed by atoms with E-state index >= 15 is 4.39 Å². The molecule has 2 atom stereocenters. The summed E-state index contributed by atoms with van der Waals surface area (Å²) in [7, 11) is -3.92. The third-order valence-electron chi connectivity index (χ3n) is 8.49. The number of nitrogens with one attached hydrogen (secondary N) is 1. The Bertz CT molecular complexity index is 1050. The summed E-state index contributed by atoms with van der Waals surface area (Å²) in [6, 6.07) is 2.85. The summed E-state index contributed by atoms with van der Waals surface area (Å²) in [5, 5.41) is 0. The number of rotatable bonds is 6. The molecule has 6 aliphatic rings. The van der Waals surface area contributed by atoms with Crippen LogP contribution in [0.3, 0.4) is 0 Å². The zero-order valence-electron chi connectivity index (χ0n) is 18.5. The van der Waals surface area contributed by atoms with Crippen molar-refractivity contribution in [2.24, 2.45) is 23.2 Å². The predicted octanol–water partition coefficient (Wildman–Crippen LogP) is 3.98. The van der Waals surface area contributed by atoms with E-state index in [-0.39, 0.29) is 17.6 Å². The van der Waals surface area contributed by atoms with Gasteiger partial charge in [-0.05, 0) is 92.1 Å². The fourth-order valence-corrected chi connectivity index (χ4v) is 8.26. The summed E-state index contributed by atoms with van der Waals surface area (Å²) in [5.74, 6) is 1.00. The van der Waals surface area contributed by atoms with Gasteiger partial charge in [-0.25, -0.2) is 9.11 Å². The molecule has 1 heterocycles. The lowest BCUT2D eigenvalue weighted by molar-refractivity contribution is -0.117. The van der Waals surface area contributed by atoms with Crippen molar-refractivity contribution in [3.8, 4) is 5.75 Å². The Morgan fingerprint density at radius 1 is 1.16 bits per heavy atom. The molecule has 4 bridgehead atoms. The Morgan fingerprint density at radius 2 is 1.84 bits per heavy atom. The molecule has 0 spiro atoms. The van der Waals surface area contributed by atoms with Crippen LogP contribution in [0.15, 0.2) is 12.1 Å². The number of carbonyl (C=O) groups excluding carboxylic acids is 1. The van der Waals surface area contributed by atoms with Crippen LogP contribution in [0.25, 0.3) is 0 Å². The normalized spacial score (nSPS) is 36.1. The number of benzene rings is 1. The second-order valence-corrected chi connectivity index (χ2v) is 12.9. The van der Waals surface area contributed by atoms with Gasteiger partial charge in [0, 0.05) is 19.2 Å². The SMILES string of the molecule is CC12CC3CC(C1)C(Oc1cc(F)c(C(=O)NS(=O)(=O)N4CCC4)cc1C1CC1)C(C3)C2. The molecule has 1 aromatic rings. The molecule has 1 saturated heterocycles. The first kappa shape index (κ1) is 20.9. The van der Waals surface area contributed by atoms with Gasteiger partial charge in [0.05, 0.1) is 5.56 Å². The van der Waals surface area contributed by atoms with Gasteiger partial charge in [0.15, 0.2) is 0 Å². The van der Waals surface area contributed by atoms with Crippen molar-refractivity contribution in [1.82, 2.24) is 9.03 Å². The second-order valence-electron chi connectivity index (χ2n) is 11.2. The van der Waals surface area contributed by atoms with Crippen molar-refractivity contribution in [2.75, 3.05) is 13.1 Å². The predicted molar refractivity (Wildman–Crippen MR) is 117 cm³/mol. The smallest absolute Gasteiger partial charge is 0.304 e. The average Bonchev–Trinajstić information content (AvgIpc) is 3.46. The zero-order chi connectivity index (χ0) is 22.3. The van der Waals surface area contributed by atoms with E-state index in [1.807, 2.05) is 4.72 Å². The van der Waals surface area contributed by atoms with E-state index in [1.165, 1.54) is 48.5 Å². The molecule has 0 radical (unpaired) electrons. The van der Waals surface area contributed by atoms with Crippen LogP contribution in [0, 0.1) is 29.0 Å². The van der Waals surface area contributed by atoms with E-state index in [9.17, 15) is 13.2 Å². The Hall–Kier alpha value is -1.67. The summed E-state index contributed by atoms with van der Waals surface area (Å²) < 4.78 is 49.4. The molecule has 1 aliphatic heterocycles. The van der Waals surface area contributed by atoms with Crippen LogP contribution in [-0.4, -0.2) is 37.8 Å². The maximum Gasteiger partial charge on any atom is 0.304 e. The average molecular weight is 463 g/mol. The summed E-state index contributed by atoms with van der Waals surface area (Å²) in [6.07, 6.45) is 8.94. The van der Waals surface area contributed by atoms with Crippen LogP contribution in [0.1, 0.15) is 80.1 Å². The van der Waals surface area contributed by atoms with Gasteiger partial charge in [0.2, 0.25) is 0 Å². The van der Waals surface area contributed by atoms with Crippen molar-refractivity contribution >= 4 is 16.1 Å². The lowest BCUT2D eigenvalue weighted by atomic mass is 9.49. The van der Waals surface area contributed by atoms with Crippen LogP contribution in [0.5, 0.6) is 5.75 Å². The molecule has 2 unspecified atom stereocenters. The van der Waals surface area contributed by atoms with Crippen LogP contribution >= 0.6 is 0 Å². The van der Waals surface area contributed by atoms with Crippen molar-refractivity contribution in [3.63, 3.8) is 0 Å². The standard InChI is InChI=1S/C24H31FN2O4S/c1-24-11-14-7-16(12-24)22(17(8-14)13-24)31-21-10-20(25)19(9-18(21)15-3-4-15)23(28)26-32(29,30)27-5-2-6-27/h9-10,14-17,22H,2-8,11-13H2,1H3,(H,26,28). The summed E-state index contributed by atoms with van der Waals surface area (Å²) in [5.41, 5.74) is 1.06. The fourth-order valence-electron chi connectivity index (χ4n) is 7.05. The fraction of sp³-hybridized carbons (Fsp3) is 0.708. The van der Waals surface area contributed by atoms with Crippen LogP contribution in [0.2, 0.25) is 0 Å². The second kappa shape index (κ2) is 7.16. The van der Waals surface area contributed by atoms with Gasteiger partial charge in [-0.1, -0.05) is 6.92 Å². The molecule has 8 heteroatoms. The minimum atomic E-state index is -3.92. The third-order valence-corrected chi connectivity index (χ3v) is 9.98. The molecule has 0 aromatic heterocycles. The maximum atomic E-state index is 15.1. The van der Waals surface area contributed by atoms with Crippen molar-refractivity contribution in [2.45, 2.75) is 70.3 Å². The number of carbonyl (C=O) groups is 1. The van der Waals surface area contributed by atoms with Gasteiger partial charge in [0.25, 0.3) is 5.91 Å². The van der Waals surface area contributed by atoms with Crippen LogP contribution < -0.4 is 9.46 Å². The highest BCUT2D eigenvalue weighted by molar-refractivity contribution is 7.87. The number of amides is 1. The highest BCUT2D eigenvalue weighted by atomic mass is 32.2. The highest BCUT2D eigenvalue weighted by Crippen LogP contribution is 2.60. The quantitative estimate of drug-likeness (QED) is 0.694. The van der Waals surface area contributed by atoms with Crippen LogP contribution in [-0.2, 0) is 10.2 Å². The molecular weight excluding hydrogens is 431 g/mol. The van der Waals surface area contributed by atoms with E-state index in [0.29, 0.717) is 36.1 Å². The first-order valence-corrected chi connectivity index (χ1v) is 13.5. The number of hydrogen-bond donors (Lipinski definition) is 1. The van der Waals surface area contributed by atoms with Gasteiger partial charge >= 0.3 is 10.2 Å². The zero-order valence-corrected chi connectivity index (χ0v) is 19.3. The Kier molecular flexibility index (Phi) is 4.68. The van der Waals surface area contributed by atoms with Gasteiger partial charge in [-0.15, -0.1) is 0 Å². The van der Waals surface area contributed by atoms with E-state index in [1.54, 1.807) is 0 Å². The monoisotopic (exact) mass is 462 g/mol. The van der Waals surface area contributed by atoms with Gasteiger partial charge in [-0.3, -0.25) is 4.79 Å². The Morgan fingerprint density at radius 3 is 2.41 bits per heavy atom. The van der Waals surface area contributed by atoms with Gasteiger partial charge < -0.3 is 4.74 Å². The first-order valence-electron chi connectivity index (χ1n) is 12.0. The lowest BCUT2D eigenvalue weighted by Gasteiger charge is -2.58. The largest absolute Gasteiger partial charge is 0.489 e. The molecule has 1 N–H and O–H groups in total. The molecule has 1 aromatic carbocycles. The summed E-state index contributed by atoms with van der Waals surface area (Å²) in [6.45, 7) is 3.18.